The van der Waals surface area contributed by atoms with Crippen molar-refractivity contribution in [2.75, 3.05) is 13.1 Å². The summed E-state index contributed by atoms with van der Waals surface area (Å²) in [4.78, 5) is 48.2. The molecule has 0 bridgehead atoms. The molecule has 0 radical (unpaired) electrons. The zero-order valence-electron chi connectivity index (χ0n) is 12.0. The summed E-state index contributed by atoms with van der Waals surface area (Å²) in [6.07, 6.45) is -0.351. The molecule has 1 fully saturated rings. The van der Waals surface area contributed by atoms with E-state index in [1.54, 1.807) is 30.3 Å². The van der Waals surface area contributed by atoms with Gasteiger partial charge in [-0.2, -0.15) is 0 Å². The summed E-state index contributed by atoms with van der Waals surface area (Å²) < 4.78 is 0. The third-order valence-corrected chi connectivity index (χ3v) is 3.70. The number of hydrogen-bond donors (Lipinski definition) is 1. The smallest absolute Gasteiger partial charge is 0.303 e. The Morgan fingerprint density at radius 2 is 1.82 bits per heavy atom. The maximum atomic E-state index is 12.3. The molecule has 0 saturated carbocycles. The van der Waals surface area contributed by atoms with Gasteiger partial charge in [0.05, 0.1) is 12.3 Å². The van der Waals surface area contributed by atoms with Crippen molar-refractivity contribution in [1.29, 1.82) is 0 Å². The average molecular weight is 303 g/mol. The van der Waals surface area contributed by atoms with Gasteiger partial charge in [0.1, 0.15) is 11.6 Å². The Morgan fingerprint density at radius 1 is 1.14 bits per heavy atom. The normalized spacial score (nSPS) is 18.1. The molecule has 6 nitrogen and oxygen atoms in total. The molecule has 1 aromatic carbocycles. The highest BCUT2D eigenvalue weighted by Gasteiger charge is 2.34. The average Bonchev–Trinajstić information content (AvgIpc) is 2.53. The first-order valence-electron chi connectivity index (χ1n) is 7.10. The third kappa shape index (κ3) is 3.78. The highest BCUT2D eigenvalue weighted by molar-refractivity contribution is 6.05. The van der Waals surface area contributed by atoms with Gasteiger partial charge in [-0.3, -0.25) is 19.2 Å². The molecule has 6 heteroatoms. The van der Waals surface area contributed by atoms with Crippen molar-refractivity contribution in [2.24, 2.45) is 5.92 Å². The predicted molar refractivity (Wildman–Crippen MR) is 77.3 cm³/mol. The van der Waals surface area contributed by atoms with E-state index in [4.69, 9.17) is 5.11 Å². The highest BCUT2D eigenvalue weighted by atomic mass is 16.4. The van der Waals surface area contributed by atoms with E-state index in [1.807, 2.05) is 0 Å². The molecule has 1 atom stereocenters. The minimum absolute atomic E-state index is 0.0328. The second-order valence-electron chi connectivity index (χ2n) is 5.25. The largest absolute Gasteiger partial charge is 0.481 e. The number of nitrogens with zero attached hydrogens (tertiary/aromatic N) is 1. The molecule has 1 unspecified atom stereocenters. The number of hydrogen-bond acceptors (Lipinski definition) is 4. The van der Waals surface area contributed by atoms with E-state index in [2.05, 4.69) is 0 Å². The second-order valence-corrected chi connectivity index (χ2v) is 5.25. The van der Waals surface area contributed by atoms with Gasteiger partial charge in [0.25, 0.3) is 5.91 Å². The van der Waals surface area contributed by atoms with Gasteiger partial charge in [0, 0.05) is 31.5 Å². The number of carboxylic acid groups (broad SMARTS) is 1. The van der Waals surface area contributed by atoms with E-state index in [0.29, 0.717) is 5.56 Å². The van der Waals surface area contributed by atoms with Gasteiger partial charge < -0.3 is 10.0 Å². The zero-order valence-corrected chi connectivity index (χ0v) is 12.0. The van der Waals surface area contributed by atoms with Crippen molar-refractivity contribution in [2.45, 2.75) is 19.3 Å². The van der Waals surface area contributed by atoms with Gasteiger partial charge in [-0.15, -0.1) is 0 Å². The molecule has 1 aliphatic heterocycles. The first-order valence-corrected chi connectivity index (χ1v) is 7.10. The van der Waals surface area contributed by atoms with Crippen LogP contribution < -0.4 is 0 Å². The monoisotopic (exact) mass is 303 g/mol. The molecule has 1 heterocycles. The van der Waals surface area contributed by atoms with Gasteiger partial charge in [-0.25, -0.2) is 0 Å². The van der Waals surface area contributed by atoms with Gasteiger partial charge in [0.2, 0.25) is 0 Å². The Labute approximate surface area is 127 Å². The lowest BCUT2D eigenvalue weighted by molar-refractivity contribution is -0.141. The predicted octanol–water partition coefficient (Wildman–Crippen LogP) is 1.15. The first-order chi connectivity index (χ1) is 10.5. The van der Waals surface area contributed by atoms with Gasteiger partial charge in [-0.1, -0.05) is 18.2 Å². The Bertz CT molecular complexity index is 596. The molecular weight excluding hydrogens is 286 g/mol. The van der Waals surface area contributed by atoms with E-state index in [9.17, 15) is 19.2 Å². The number of carbonyl (C=O) groups is 4. The number of Topliss-reactive ketones (excluding diaryl/α,β-unsaturated/α-hetero) is 2. The van der Waals surface area contributed by atoms with Gasteiger partial charge in [-0.05, 0) is 12.1 Å². The van der Waals surface area contributed by atoms with Crippen LogP contribution in [0.1, 0.15) is 29.6 Å². The molecule has 2 rings (SSSR count). The summed E-state index contributed by atoms with van der Waals surface area (Å²) in [7, 11) is 0. The summed E-state index contributed by atoms with van der Waals surface area (Å²) in [6, 6.07) is 8.66. The SMILES string of the molecule is O=C(O)CCC(=O)C1CN(C(=O)c2ccccc2)CCC1=O. The van der Waals surface area contributed by atoms with Crippen LogP contribution in [0, 0.1) is 5.92 Å². The molecule has 0 aromatic heterocycles. The van der Waals surface area contributed by atoms with E-state index in [1.165, 1.54) is 4.90 Å². The molecule has 0 aliphatic carbocycles. The minimum Gasteiger partial charge on any atom is -0.481 e. The lowest BCUT2D eigenvalue weighted by atomic mass is 9.90. The molecule has 116 valence electrons. The van der Waals surface area contributed by atoms with Crippen molar-refractivity contribution >= 4 is 23.4 Å². The molecule has 22 heavy (non-hydrogen) atoms. The fraction of sp³-hybridized carbons (Fsp3) is 0.375. The number of rotatable bonds is 5. The van der Waals surface area contributed by atoms with Gasteiger partial charge >= 0.3 is 5.97 Å². The topological polar surface area (TPSA) is 91.8 Å². The molecular formula is C16H17NO5. The maximum Gasteiger partial charge on any atom is 0.303 e. The number of likely N-dealkylation sites (tertiary alicyclic amines) is 1. The summed E-state index contributed by atoms with van der Waals surface area (Å²) in [5.41, 5.74) is 0.508. The Balaban J connectivity index is 2.04. The van der Waals surface area contributed by atoms with Crippen LogP contribution in [0.2, 0.25) is 0 Å². The van der Waals surface area contributed by atoms with E-state index in [-0.39, 0.29) is 44.0 Å². The quantitative estimate of drug-likeness (QED) is 0.824. The molecule has 1 aliphatic rings. The van der Waals surface area contributed by atoms with E-state index in [0.717, 1.165) is 0 Å². The second kappa shape index (κ2) is 6.98. The number of carbonyl (C=O) groups excluding carboxylic acids is 3. The summed E-state index contributed by atoms with van der Waals surface area (Å²) in [5, 5.41) is 8.61. The fourth-order valence-electron chi connectivity index (χ4n) is 2.47. The number of aliphatic carboxylic acids is 1. The van der Waals surface area contributed by atoms with Crippen LogP contribution in [0.25, 0.3) is 0 Å². The van der Waals surface area contributed by atoms with Crippen LogP contribution >= 0.6 is 0 Å². The van der Waals surface area contributed by atoms with Crippen molar-refractivity contribution in [1.82, 2.24) is 4.90 Å². The minimum atomic E-state index is -1.08. The number of benzene rings is 1. The molecule has 1 amide bonds. The molecule has 1 saturated heterocycles. The molecule has 1 N–H and O–H groups in total. The van der Waals surface area contributed by atoms with Crippen LogP contribution in [0.5, 0.6) is 0 Å². The number of ketones is 2. The van der Waals surface area contributed by atoms with Crippen LogP contribution in [0.4, 0.5) is 0 Å². The van der Waals surface area contributed by atoms with Crippen molar-refractivity contribution in [3.63, 3.8) is 0 Å². The summed E-state index contributed by atoms with van der Waals surface area (Å²) in [6.45, 7) is 0.320. The van der Waals surface area contributed by atoms with Crippen LogP contribution in [-0.4, -0.2) is 46.5 Å². The van der Waals surface area contributed by atoms with Crippen molar-refractivity contribution in [3.8, 4) is 0 Å². The van der Waals surface area contributed by atoms with Gasteiger partial charge in [0.15, 0.2) is 0 Å². The number of amides is 1. The van der Waals surface area contributed by atoms with Crippen molar-refractivity contribution < 1.29 is 24.3 Å². The number of carboxylic acids is 1. The first kappa shape index (κ1) is 15.9. The summed E-state index contributed by atoms with van der Waals surface area (Å²) >= 11 is 0. The standard InChI is InChI=1S/C16H17NO5/c18-13(6-7-15(20)21)12-10-17(9-8-14(12)19)16(22)11-4-2-1-3-5-11/h1-5,12H,6-10H2,(H,20,21). The maximum absolute atomic E-state index is 12.3. The van der Waals surface area contributed by atoms with Crippen LogP contribution in [-0.2, 0) is 14.4 Å². The third-order valence-electron chi connectivity index (χ3n) is 3.70. The van der Waals surface area contributed by atoms with E-state index >= 15 is 0 Å². The molecule has 1 aromatic rings. The Kier molecular flexibility index (Phi) is 5.04. The van der Waals surface area contributed by atoms with Crippen LogP contribution in [0.15, 0.2) is 30.3 Å². The number of piperidine rings is 1. The Hall–Kier alpha value is -2.50. The Morgan fingerprint density at radius 3 is 2.45 bits per heavy atom. The lowest BCUT2D eigenvalue weighted by Gasteiger charge is -2.31. The van der Waals surface area contributed by atoms with Crippen LogP contribution in [0.3, 0.4) is 0 Å². The zero-order chi connectivity index (χ0) is 16.1. The fourth-order valence-corrected chi connectivity index (χ4v) is 2.47. The summed E-state index contributed by atoms with van der Waals surface area (Å²) in [5.74, 6) is -2.82. The molecule has 0 spiro atoms. The lowest BCUT2D eigenvalue weighted by Crippen LogP contribution is -2.46. The van der Waals surface area contributed by atoms with Crippen molar-refractivity contribution in [3.05, 3.63) is 35.9 Å². The van der Waals surface area contributed by atoms with E-state index < -0.39 is 17.7 Å². The highest BCUT2D eigenvalue weighted by Crippen LogP contribution is 2.18.